The van der Waals surface area contributed by atoms with Crippen molar-refractivity contribution in [2.75, 3.05) is 0 Å². The van der Waals surface area contributed by atoms with Gasteiger partial charge >= 0.3 is 0 Å². The van der Waals surface area contributed by atoms with E-state index in [9.17, 15) is 4.79 Å². The molecule has 106 valence electrons. The van der Waals surface area contributed by atoms with Gasteiger partial charge in [0, 0.05) is 5.56 Å². The van der Waals surface area contributed by atoms with Crippen molar-refractivity contribution in [3.8, 4) is 17.3 Å². The van der Waals surface area contributed by atoms with E-state index in [0.717, 1.165) is 0 Å². The molecule has 3 rings (SSSR count). The van der Waals surface area contributed by atoms with E-state index >= 15 is 0 Å². The summed E-state index contributed by atoms with van der Waals surface area (Å²) in [4.78, 5) is 15.2. The minimum Gasteiger partial charge on any atom is -0.484 e. The summed E-state index contributed by atoms with van der Waals surface area (Å²) in [6, 6.07) is 10.00. The Bertz CT molecular complexity index is 749. The van der Waals surface area contributed by atoms with Gasteiger partial charge in [-0.3, -0.25) is 4.79 Å². The molecule has 7 heteroatoms. The van der Waals surface area contributed by atoms with E-state index in [1.54, 1.807) is 36.4 Å². The number of carbonyl (C=O) groups excluding carboxylic acids is 1. The van der Waals surface area contributed by atoms with Crippen molar-refractivity contribution in [2.24, 2.45) is 5.73 Å². The van der Waals surface area contributed by atoms with Gasteiger partial charge < -0.3 is 19.4 Å². The monoisotopic (exact) mass is 285 g/mol. The van der Waals surface area contributed by atoms with E-state index < -0.39 is 5.91 Å². The fourth-order valence-corrected chi connectivity index (χ4v) is 1.70. The number of furan rings is 1. The molecule has 2 N–H and O–H groups in total. The molecule has 21 heavy (non-hydrogen) atoms. The minimum atomic E-state index is -0.515. The smallest absolute Gasteiger partial charge is 0.264 e. The molecule has 0 atom stereocenters. The van der Waals surface area contributed by atoms with E-state index in [4.69, 9.17) is 19.4 Å². The Morgan fingerprint density at radius 2 is 2.19 bits per heavy atom. The molecule has 0 saturated heterocycles. The van der Waals surface area contributed by atoms with Gasteiger partial charge in [-0.2, -0.15) is 4.98 Å². The Morgan fingerprint density at radius 3 is 2.95 bits per heavy atom. The number of primary amides is 1. The van der Waals surface area contributed by atoms with Crippen LogP contribution < -0.4 is 10.5 Å². The number of ether oxygens (including phenoxy) is 1. The van der Waals surface area contributed by atoms with Crippen molar-refractivity contribution in [1.82, 2.24) is 10.1 Å². The van der Waals surface area contributed by atoms with Crippen molar-refractivity contribution >= 4 is 5.91 Å². The maximum Gasteiger partial charge on any atom is 0.264 e. The molecular weight excluding hydrogens is 274 g/mol. The predicted molar refractivity (Wildman–Crippen MR) is 71.3 cm³/mol. The van der Waals surface area contributed by atoms with Gasteiger partial charge in [0.25, 0.3) is 5.89 Å². The highest BCUT2D eigenvalue weighted by atomic mass is 16.5. The molecule has 0 unspecified atom stereocenters. The van der Waals surface area contributed by atoms with Crippen LogP contribution in [0.2, 0.25) is 0 Å². The molecular formula is C14H11N3O4. The first-order valence-corrected chi connectivity index (χ1v) is 6.11. The van der Waals surface area contributed by atoms with Crippen LogP contribution >= 0.6 is 0 Å². The third-order valence-corrected chi connectivity index (χ3v) is 2.69. The second-order valence-electron chi connectivity index (χ2n) is 4.17. The van der Waals surface area contributed by atoms with E-state index in [1.165, 1.54) is 6.26 Å². The lowest BCUT2D eigenvalue weighted by Crippen LogP contribution is -2.10. The van der Waals surface area contributed by atoms with Crippen LogP contribution in [0.3, 0.4) is 0 Å². The summed E-state index contributed by atoms with van der Waals surface area (Å²) in [5.74, 6) is 1.14. The first-order valence-electron chi connectivity index (χ1n) is 6.11. The largest absolute Gasteiger partial charge is 0.484 e. The van der Waals surface area contributed by atoms with Gasteiger partial charge in [-0.25, -0.2) is 0 Å². The van der Waals surface area contributed by atoms with Crippen LogP contribution in [-0.4, -0.2) is 16.0 Å². The average Bonchev–Trinajstić information content (AvgIpc) is 3.16. The number of amides is 1. The maximum absolute atomic E-state index is 11.1. The van der Waals surface area contributed by atoms with Crippen molar-refractivity contribution in [3.63, 3.8) is 0 Å². The zero-order valence-electron chi connectivity index (χ0n) is 10.9. The molecule has 0 aliphatic carbocycles. The number of carbonyl (C=O) groups is 1. The third kappa shape index (κ3) is 2.92. The molecule has 0 aliphatic rings. The van der Waals surface area contributed by atoms with Crippen LogP contribution in [0.1, 0.15) is 16.2 Å². The highest BCUT2D eigenvalue weighted by Crippen LogP contribution is 2.18. The van der Waals surface area contributed by atoms with Gasteiger partial charge in [-0.1, -0.05) is 11.2 Å². The van der Waals surface area contributed by atoms with Gasteiger partial charge in [0.15, 0.2) is 12.4 Å². The molecule has 0 saturated carbocycles. The van der Waals surface area contributed by atoms with Crippen LogP contribution in [-0.2, 0) is 6.61 Å². The Kier molecular flexibility index (Phi) is 3.38. The number of rotatable bonds is 5. The summed E-state index contributed by atoms with van der Waals surface area (Å²) in [5.41, 5.74) is 5.57. The minimum absolute atomic E-state index is 0.0793. The molecule has 2 aromatic heterocycles. The van der Waals surface area contributed by atoms with Crippen LogP contribution in [0.15, 0.2) is 51.6 Å². The van der Waals surface area contributed by atoms with Gasteiger partial charge in [-0.15, -0.1) is 0 Å². The second-order valence-corrected chi connectivity index (χ2v) is 4.17. The Balaban J connectivity index is 1.68. The first-order chi connectivity index (χ1) is 10.2. The van der Waals surface area contributed by atoms with E-state index in [-0.39, 0.29) is 6.61 Å². The van der Waals surface area contributed by atoms with Gasteiger partial charge in [-0.05, 0) is 30.3 Å². The summed E-state index contributed by atoms with van der Waals surface area (Å²) in [6.45, 7) is 0.0793. The summed E-state index contributed by atoms with van der Waals surface area (Å²) >= 11 is 0. The number of aromatic nitrogens is 2. The maximum atomic E-state index is 11.1. The highest BCUT2D eigenvalue weighted by molar-refractivity contribution is 5.93. The zero-order valence-corrected chi connectivity index (χ0v) is 10.9. The lowest BCUT2D eigenvalue weighted by atomic mass is 10.2. The number of nitrogens with zero attached hydrogens (tertiary/aromatic N) is 2. The molecule has 2 heterocycles. The molecule has 1 aromatic carbocycles. The number of benzene rings is 1. The van der Waals surface area contributed by atoms with E-state index in [0.29, 0.717) is 28.8 Å². The molecule has 7 nitrogen and oxygen atoms in total. The molecule has 1 amide bonds. The normalized spacial score (nSPS) is 10.5. The Morgan fingerprint density at radius 1 is 1.29 bits per heavy atom. The van der Waals surface area contributed by atoms with Crippen LogP contribution in [0.5, 0.6) is 5.75 Å². The lowest BCUT2D eigenvalue weighted by molar-refractivity contribution is 0.1000. The molecule has 0 spiro atoms. The third-order valence-electron chi connectivity index (χ3n) is 2.69. The highest BCUT2D eigenvalue weighted by Gasteiger charge is 2.11. The quantitative estimate of drug-likeness (QED) is 0.768. The summed E-state index contributed by atoms with van der Waals surface area (Å²) in [7, 11) is 0. The van der Waals surface area contributed by atoms with Crippen molar-refractivity contribution < 1.29 is 18.5 Å². The van der Waals surface area contributed by atoms with Crippen molar-refractivity contribution in [3.05, 3.63) is 54.1 Å². The molecule has 0 bridgehead atoms. The number of hydrogen-bond acceptors (Lipinski definition) is 6. The number of hydrogen-bond donors (Lipinski definition) is 1. The SMILES string of the molecule is NC(=O)c1cccc(OCc2nc(-c3ccco3)no2)c1. The molecule has 0 fully saturated rings. The van der Waals surface area contributed by atoms with Crippen LogP contribution in [0, 0.1) is 0 Å². The number of nitrogens with two attached hydrogens (primary N) is 1. The Hall–Kier alpha value is -3.09. The summed E-state index contributed by atoms with van der Waals surface area (Å²) in [6.07, 6.45) is 1.52. The fraction of sp³-hybridized carbons (Fsp3) is 0.0714. The van der Waals surface area contributed by atoms with E-state index in [2.05, 4.69) is 10.1 Å². The van der Waals surface area contributed by atoms with E-state index in [1.807, 2.05) is 0 Å². The van der Waals surface area contributed by atoms with Gasteiger partial charge in [0.2, 0.25) is 11.7 Å². The lowest BCUT2D eigenvalue weighted by Gasteiger charge is -2.03. The zero-order chi connectivity index (χ0) is 14.7. The van der Waals surface area contributed by atoms with Crippen LogP contribution in [0.25, 0.3) is 11.6 Å². The summed E-state index contributed by atoms with van der Waals surface area (Å²) < 4.78 is 15.7. The average molecular weight is 285 g/mol. The van der Waals surface area contributed by atoms with Crippen LogP contribution in [0.4, 0.5) is 0 Å². The molecule has 0 aliphatic heterocycles. The first kappa shape index (κ1) is 12.9. The van der Waals surface area contributed by atoms with Crippen molar-refractivity contribution in [1.29, 1.82) is 0 Å². The predicted octanol–water partition coefficient (Wildman–Crippen LogP) is 2.01. The Labute approximate surface area is 119 Å². The standard InChI is InChI=1S/C14H11N3O4/c15-13(18)9-3-1-4-10(7-9)20-8-12-16-14(17-21-12)11-5-2-6-19-11/h1-7H,8H2,(H2,15,18). The van der Waals surface area contributed by atoms with Gasteiger partial charge in [0.1, 0.15) is 5.75 Å². The van der Waals surface area contributed by atoms with Crippen molar-refractivity contribution in [2.45, 2.75) is 6.61 Å². The second kappa shape index (κ2) is 5.49. The topological polar surface area (TPSA) is 104 Å². The van der Waals surface area contributed by atoms with Gasteiger partial charge in [0.05, 0.1) is 6.26 Å². The summed E-state index contributed by atoms with van der Waals surface area (Å²) in [5, 5.41) is 3.78. The fourth-order valence-electron chi connectivity index (χ4n) is 1.70. The molecule has 3 aromatic rings. The molecule has 0 radical (unpaired) electrons.